The van der Waals surface area contributed by atoms with Crippen LogP contribution in [0.15, 0.2) is 24.3 Å². The number of carboxylic acids is 1. The van der Waals surface area contributed by atoms with Gasteiger partial charge in [-0.25, -0.2) is 4.39 Å². The van der Waals surface area contributed by atoms with Crippen LogP contribution in [0.25, 0.3) is 10.9 Å². The molecule has 2 atom stereocenters. The van der Waals surface area contributed by atoms with E-state index in [0.717, 1.165) is 0 Å². The Bertz CT molecular complexity index is 806. The molecule has 0 radical (unpaired) electrons. The van der Waals surface area contributed by atoms with Crippen LogP contribution in [0.1, 0.15) is 29.4 Å². The van der Waals surface area contributed by atoms with Gasteiger partial charge in [0.15, 0.2) is 0 Å². The molecule has 1 aliphatic rings. The molecule has 2 heterocycles. The van der Waals surface area contributed by atoms with Gasteiger partial charge in [-0.1, -0.05) is 0 Å². The maximum atomic E-state index is 13.3. The summed E-state index contributed by atoms with van der Waals surface area (Å²) >= 11 is 0. The number of benzene rings is 1. The first-order chi connectivity index (χ1) is 10.9. The number of carboxylic acid groups (broad SMARTS) is 1. The Balaban J connectivity index is 1.97. The van der Waals surface area contributed by atoms with E-state index >= 15 is 0 Å². The highest BCUT2D eigenvalue weighted by Gasteiger charge is 2.38. The normalized spacial score (nSPS) is 20.9. The molecular formula is C17H17FN2O3. The van der Waals surface area contributed by atoms with Gasteiger partial charge in [0, 0.05) is 24.0 Å². The number of pyridine rings is 1. The largest absolute Gasteiger partial charge is 0.481 e. The van der Waals surface area contributed by atoms with Crippen LogP contribution in [0.3, 0.4) is 0 Å². The number of carbonyl (C=O) groups excluding carboxylic acids is 1. The topological polar surface area (TPSA) is 70.5 Å². The third kappa shape index (κ3) is 2.65. The highest BCUT2D eigenvalue weighted by molar-refractivity contribution is 5.99. The first kappa shape index (κ1) is 15.4. The molecule has 3 rings (SSSR count). The molecular weight excluding hydrogens is 299 g/mol. The van der Waals surface area contributed by atoms with Gasteiger partial charge in [0.1, 0.15) is 5.82 Å². The summed E-state index contributed by atoms with van der Waals surface area (Å²) in [5.74, 6) is -2.02. The van der Waals surface area contributed by atoms with Crippen molar-refractivity contribution in [2.45, 2.75) is 26.3 Å². The average molecular weight is 316 g/mol. The maximum absolute atomic E-state index is 13.3. The summed E-state index contributed by atoms with van der Waals surface area (Å²) in [6.07, 6.45) is 0.452. The van der Waals surface area contributed by atoms with E-state index in [1.54, 1.807) is 30.9 Å². The van der Waals surface area contributed by atoms with Gasteiger partial charge in [-0.3, -0.25) is 14.6 Å². The Hall–Kier alpha value is -2.50. The smallest absolute Gasteiger partial charge is 0.308 e. The van der Waals surface area contributed by atoms with Gasteiger partial charge in [-0.2, -0.15) is 0 Å². The second kappa shape index (κ2) is 5.61. The zero-order valence-electron chi connectivity index (χ0n) is 12.9. The number of aliphatic carboxylic acids is 1. The zero-order chi connectivity index (χ0) is 16.7. The lowest BCUT2D eigenvalue weighted by Gasteiger charge is -2.24. The van der Waals surface area contributed by atoms with Gasteiger partial charge in [0.25, 0.3) is 5.91 Å². The van der Waals surface area contributed by atoms with Gasteiger partial charge in [0.2, 0.25) is 0 Å². The van der Waals surface area contributed by atoms with Crippen LogP contribution < -0.4 is 0 Å². The summed E-state index contributed by atoms with van der Waals surface area (Å²) in [7, 11) is 0. The van der Waals surface area contributed by atoms with E-state index in [1.807, 2.05) is 0 Å². The van der Waals surface area contributed by atoms with Gasteiger partial charge >= 0.3 is 5.97 Å². The van der Waals surface area contributed by atoms with Crippen molar-refractivity contribution in [3.8, 4) is 0 Å². The minimum absolute atomic E-state index is 0.225. The van der Waals surface area contributed by atoms with E-state index in [-0.39, 0.29) is 17.8 Å². The fraction of sp³-hybridized carbons (Fsp3) is 0.353. The van der Waals surface area contributed by atoms with Crippen molar-refractivity contribution in [2.75, 3.05) is 6.54 Å². The number of nitrogens with zero attached hydrogens (tertiary/aromatic N) is 2. The number of likely N-dealkylation sites (tertiary alicyclic amines) is 1. The monoisotopic (exact) mass is 316 g/mol. The molecule has 120 valence electrons. The predicted molar refractivity (Wildman–Crippen MR) is 82.7 cm³/mol. The number of hydrogen-bond donors (Lipinski definition) is 1. The van der Waals surface area contributed by atoms with E-state index in [4.69, 9.17) is 0 Å². The molecule has 5 nitrogen and oxygen atoms in total. The fourth-order valence-corrected chi connectivity index (χ4v) is 3.16. The quantitative estimate of drug-likeness (QED) is 0.924. The standard InChI is InChI=1S/C17H17FN2O3/c1-9-14(7-11-3-4-12(18)8-15(11)19-9)16(21)20-6-5-13(10(20)2)17(22)23/h3-4,7-8,10,13H,5-6H2,1-2H3,(H,22,23). The third-order valence-electron chi connectivity index (χ3n) is 4.53. The molecule has 1 fully saturated rings. The molecule has 1 saturated heterocycles. The highest BCUT2D eigenvalue weighted by atomic mass is 19.1. The lowest BCUT2D eigenvalue weighted by molar-refractivity contribution is -0.142. The van der Waals surface area contributed by atoms with E-state index < -0.39 is 11.9 Å². The molecule has 23 heavy (non-hydrogen) atoms. The molecule has 0 spiro atoms. The van der Waals surface area contributed by atoms with Gasteiger partial charge in [-0.05, 0) is 38.5 Å². The van der Waals surface area contributed by atoms with Crippen LogP contribution in [0, 0.1) is 18.7 Å². The number of aromatic nitrogens is 1. The molecule has 0 bridgehead atoms. The van der Waals surface area contributed by atoms with Crippen LogP contribution >= 0.6 is 0 Å². The average Bonchev–Trinajstić information content (AvgIpc) is 2.87. The highest BCUT2D eigenvalue weighted by Crippen LogP contribution is 2.27. The minimum atomic E-state index is -0.878. The van der Waals surface area contributed by atoms with Crippen molar-refractivity contribution in [2.24, 2.45) is 5.92 Å². The number of amides is 1. The van der Waals surface area contributed by atoms with E-state index in [9.17, 15) is 19.1 Å². The lowest BCUT2D eigenvalue weighted by atomic mass is 10.0. The number of aryl methyl sites for hydroxylation is 1. The maximum Gasteiger partial charge on any atom is 0.308 e. The van der Waals surface area contributed by atoms with Crippen LogP contribution in [0.2, 0.25) is 0 Å². The summed E-state index contributed by atoms with van der Waals surface area (Å²) in [6, 6.07) is 5.58. The van der Waals surface area contributed by atoms with Crippen LogP contribution in [0.4, 0.5) is 4.39 Å². The summed E-state index contributed by atoms with van der Waals surface area (Å²) in [4.78, 5) is 29.9. The van der Waals surface area contributed by atoms with Gasteiger partial charge < -0.3 is 10.0 Å². The van der Waals surface area contributed by atoms with Crippen molar-refractivity contribution in [1.29, 1.82) is 0 Å². The molecule has 2 unspecified atom stereocenters. The predicted octanol–water partition coefficient (Wildman–Crippen LogP) is 2.62. The van der Waals surface area contributed by atoms with Crippen LogP contribution in [-0.4, -0.2) is 39.5 Å². The Morgan fingerprint density at radius 3 is 2.74 bits per heavy atom. The van der Waals surface area contributed by atoms with Gasteiger partial charge in [0.05, 0.1) is 22.7 Å². The molecule has 1 N–H and O–H groups in total. The second-order valence-electron chi connectivity index (χ2n) is 5.93. The summed E-state index contributed by atoms with van der Waals surface area (Å²) in [6.45, 7) is 3.87. The number of hydrogen-bond acceptors (Lipinski definition) is 3. The number of carbonyl (C=O) groups is 2. The van der Waals surface area contributed by atoms with Crippen LogP contribution in [-0.2, 0) is 4.79 Å². The number of rotatable bonds is 2. The molecule has 1 aromatic heterocycles. The van der Waals surface area contributed by atoms with Crippen molar-refractivity contribution in [3.63, 3.8) is 0 Å². The summed E-state index contributed by atoms with van der Waals surface area (Å²) in [5.41, 5.74) is 1.44. The Kier molecular flexibility index (Phi) is 3.75. The Morgan fingerprint density at radius 1 is 1.35 bits per heavy atom. The molecule has 1 aromatic carbocycles. The first-order valence-electron chi connectivity index (χ1n) is 7.49. The number of fused-ring (bicyclic) bond motifs is 1. The van der Waals surface area contributed by atoms with E-state index in [2.05, 4.69) is 4.98 Å². The van der Waals surface area contributed by atoms with Crippen molar-refractivity contribution >= 4 is 22.8 Å². The van der Waals surface area contributed by atoms with E-state index in [0.29, 0.717) is 35.1 Å². The summed E-state index contributed by atoms with van der Waals surface area (Å²) in [5, 5.41) is 9.87. The van der Waals surface area contributed by atoms with Gasteiger partial charge in [-0.15, -0.1) is 0 Å². The third-order valence-corrected chi connectivity index (χ3v) is 4.53. The van der Waals surface area contributed by atoms with Crippen molar-refractivity contribution < 1.29 is 19.1 Å². The van der Waals surface area contributed by atoms with Crippen molar-refractivity contribution in [1.82, 2.24) is 9.88 Å². The lowest BCUT2D eigenvalue weighted by Crippen LogP contribution is -2.38. The van der Waals surface area contributed by atoms with E-state index in [1.165, 1.54) is 12.1 Å². The first-order valence-corrected chi connectivity index (χ1v) is 7.49. The van der Waals surface area contributed by atoms with Crippen LogP contribution in [0.5, 0.6) is 0 Å². The Morgan fingerprint density at radius 2 is 2.09 bits per heavy atom. The SMILES string of the molecule is Cc1nc2cc(F)ccc2cc1C(=O)N1CCC(C(=O)O)C1C. The molecule has 0 saturated carbocycles. The molecule has 6 heteroatoms. The molecule has 2 aromatic rings. The van der Waals surface area contributed by atoms with Crippen molar-refractivity contribution in [3.05, 3.63) is 41.3 Å². The second-order valence-corrected chi connectivity index (χ2v) is 5.93. The molecule has 1 amide bonds. The minimum Gasteiger partial charge on any atom is -0.481 e. The number of halogens is 1. The molecule has 1 aliphatic heterocycles. The molecule has 0 aliphatic carbocycles. The Labute approximate surface area is 132 Å². The zero-order valence-corrected chi connectivity index (χ0v) is 12.9. The fourth-order valence-electron chi connectivity index (χ4n) is 3.16. The summed E-state index contributed by atoms with van der Waals surface area (Å²) < 4.78 is 13.3.